The predicted octanol–water partition coefficient (Wildman–Crippen LogP) is 4.54. The van der Waals surface area contributed by atoms with Crippen LogP contribution in [0.4, 0.5) is 10.5 Å². The minimum Gasteiger partial charge on any atom is -0.450 e. The first kappa shape index (κ1) is 20.4. The molecule has 3 aromatic rings. The molecular formula is C21H19N3O4S. The monoisotopic (exact) mass is 409 g/mol. The molecule has 1 amide bonds. The molecule has 29 heavy (non-hydrogen) atoms. The number of nitrogens with one attached hydrogen (secondary N) is 1. The molecule has 0 unspecified atom stereocenters. The van der Waals surface area contributed by atoms with Gasteiger partial charge >= 0.3 is 11.7 Å². The maximum absolute atomic E-state index is 12.0. The van der Waals surface area contributed by atoms with Crippen LogP contribution in [0.1, 0.15) is 29.3 Å². The van der Waals surface area contributed by atoms with Gasteiger partial charge in [-0.2, -0.15) is 5.26 Å². The molecule has 1 aromatic carbocycles. The van der Waals surface area contributed by atoms with E-state index in [4.69, 9.17) is 9.15 Å². The van der Waals surface area contributed by atoms with Crippen molar-refractivity contribution in [2.75, 3.05) is 11.9 Å². The lowest BCUT2D eigenvalue weighted by molar-refractivity contribution is 0.168. The molecule has 0 aliphatic rings. The Hall–Kier alpha value is -3.31. The van der Waals surface area contributed by atoms with Crippen molar-refractivity contribution < 1.29 is 13.9 Å². The molecule has 148 valence electrons. The number of ether oxygens (including phenoxy) is 1. The minimum atomic E-state index is -0.578. The van der Waals surface area contributed by atoms with Crippen molar-refractivity contribution in [2.45, 2.75) is 31.6 Å². The fourth-order valence-electron chi connectivity index (χ4n) is 2.90. The first-order valence-electron chi connectivity index (χ1n) is 8.93. The summed E-state index contributed by atoms with van der Waals surface area (Å²) in [5.41, 5.74) is 3.33. The highest BCUT2D eigenvalue weighted by Crippen LogP contribution is 2.30. The summed E-state index contributed by atoms with van der Waals surface area (Å²) in [7, 11) is 0. The molecule has 0 bridgehead atoms. The third kappa shape index (κ3) is 4.76. The standard InChI is InChI=1S/C21H19N3O4S/c1-4-27-21(26)24-15-5-6-16-14(8-19(25)28-18(16)9-15)11-29-20-17(10-22)12(2)7-13(3)23-20/h5-9H,4,11H2,1-3H3,(H,24,26). The third-order valence-electron chi connectivity index (χ3n) is 4.14. The molecule has 3 rings (SSSR count). The van der Waals surface area contributed by atoms with E-state index in [0.717, 1.165) is 22.2 Å². The zero-order valence-corrected chi connectivity index (χ0v) is 17.1. The smallest absolute Gasteiger partial charge is 0.411 e. The van der Waals surface area contributed by atoms with Gasteiger partial charge in [-0.3, -0.25) is 5.32 Å². The number of rotatable bonds is 5. The van der Waals surface area contributed by atoms with E-state index < -0.39 is 11.7 Å². The van der Waals surface area contributed by atoms with E-state index in [9.17, 15) is 14.9 Å². The predicted molar refractivity (Wildman–Crippen MR) is 111 cm³/mol. The molecule has 0 radical (unpaired) electrons. The molecule has 7 nitrogen and oxygen atoms in total. The summed E-state index contributed by atoms with van der Waals surface area (Å²) in [5, 5.41) is 13.4. The van der Waals surface area contributed by atoms with Gasteiger partial charge in [0, 0.05) is 34.7 Å². The second-order valence-corrected chi connectivity index (χ2v) is 7.27. The van der Waals surface area contributed by atoms with Crippen LogP contribution >= 0.6 is 11.8 Å². The molecule has 0 atom stereocenters. The molecule has 0 aliphatic carbocycles. The average molecular weight is 409 g/mol. The first-order valence-corrected chi connectivity index (χ1v) is 9.91. The van der Waals surface area contributed by atoms with Crippen LogP contribution in [-0.2, 0) is 10.5 Å². The number of anilines is 1. The molecule has 0 fully saturated rings. The number of aryl methyl sites for hydroxylation is 2. The molecule has 0 saturated carbocycles. The number of thioether (sulfide) groups is 1. The molecule has 2 aromatic heterocycles. The molecule has 0 spiro atoms. The highest BCUT2D eigenvalue weighted by molar-refractivity contribution is 7.98. The van der Waals surface area contributed by atoms with Gasteiger partial charge in [0.25, 0.3) is 0 Å². The number of aromatic nitrogens is 1. The van der Waals surface area contributed by atoms with Crippen LogP contribution in [-0.4, -0.2) is 17.7 Å². The number of pyridine rings is 1. The number of hydrogen-bond acceptors (Lipinski definition) is 7. The average Bonchev–Trinajstić information content (AvgIpc) is 2.65. The number of carbonyl (C=O) groups is 1. The molecule has 1 N–H and O–H groups in total. The van der Waals surface area contributed by atoms with Gasteiger partial charge in [0.2, 0.25) is 0 Å². The summed E-state index contributed by atoms with van der Waals surface area (Å²) in [6.07, 6.45) is -0.578. The van der Waals surface area contributed by atoms with Crippen molar-refractivity contribution in [3.05, 3.63) is 63.1 Å². The van der Waals surface area contributed by atoms with Crippen LogP contribution in [0.2, 0.25) is 0 Å². The fraction of sp³-hybridized carbons (Fsp3) is 0.238. The summed E-state index contributed by atoms with van der Waals surface area (Å²) in [6.45, 7) is 5.73. The van der Waals surface area contributed by atoms with Crippen molar-refractivity contribution in [2.24, 2.45) is 0 Å². The van der Waals surface area contributed by atoms with E-state index in [1.54, 1.807) is 25.1 Å². The summed E-state index contributed by atoms with van der Waals surface area (Å²) in [6, 6.07) is 10.6. The van der Waals surface area contributed by atoms with Crippen molar-refractivity contribution in [3.63, 3.8) is 0 Å². The summed E-state index contributed by atoms with van der Waals surface area (Å²) in [4.78, 5) is 28.1. The Labute approximate surface area is 171 Å². The van der Waals surface area contributed by atoms with Gasteiger partial charge in [0.05, 0.1) is 12.2 Å². The summed E-state index contributed by atoms with van der Waals surface area (Å²) in [5.74, 6) is 0.442. The largest absolute Gasteiger partial charge is 0.450 e. The van der Waals surface area contributed by atoms with Crippen molar-refractivity contribution >= 4 is 34.5 Å². The van der Waals surface area contributed by atoms with Gasteiger partial charge in [-0.05, 0) is 50.1 Å². The highest BCUT2D eigenvalue weighted by Gasteiger charge is 2.13. The molecule has 0 aliphatic heterocycles. The Morgan fingerprint density at radius 1 is 1.31 bits per heavy atom. The van der Waals surface area contributed by atoms with Crippen molar-refractivity contribution in [3.8, 4) is 6.07 Å². The number of benzene rings is 1. The van der Waals surface area contributed by atoms with Crippen LogP contribution in [0.3, 0.4) is 0 Å². The van der Waals surface area contributed by atoms with E-state index in [2.05, 4.69) is 16.4 Å². The second kappa shape index (κ2) is 8.80. The van der Waals surface area contributed by atoms with Crippen LogP contribution in [0.25, 0.3) is 11.0 Å². The third-order valence-corrected chi connectivity index (χ3v) is 5.16. The molecule has 8 heteroatoms. The van der Waals surface area contributed by atoms with Gasteiger partial charge in [-0.25, -0.2) is 14.6 Å². The second-order valence-electron chi connectivity index (χ2n) is 6.31. The number of amides is 1. The van der Waals surface area contributed by atoms with Crippen LogP contribution in [0.15, 0.2) is 44.6 Å². The maximum Gasteiger partial charge on any atom is 0.411 e. The molecule has 0 saturated heterocycles. The van der Waals surface area contributed by atoms with Gasteiger partial charge in [-0.1, -0.05) is 0 Å². The highest BCUT2D eigenvalue weighted by atomic mass is 32.2. The lowest BCUT2D eigenvalue weighted by Gasteiger charge is -2.10. The van der Waals surface area contributed by atoms with E-state index >= 15 is 0 Å². The molecule has 2 heterocycles. The quantitative estimate of drug-likeness (QED) is 0.487. The Balaban J connectivity index is 1.92. The number of hydrogen-bond donors (Lipinski definition) is 1. The Morgan fingerprint density at radius 2 is 2.10 bits per heavy atom. The van der Waals surface area contributed by atoms with E-state index in [1.807, 2.05) is 19.9 Å². The minimum absolute atomic E-state index is 0.257. The fourth-order valence-corrected chi connectivity index (χ4v) is 3.99. The van der Waals surface area contributed by atoms with Crippen molar-refractivity contribution in [1.29, 1.82) is 5.26 Å². The first-order chi connectivity index (χ1) is 13.9. The van der Waals surface area contributed by atoms with Crippen LogP contribution in [0.5, 0.6) is 0 Å². The van der Waals surface area contributed by atoms with Crippen molar-refractivity contribution in [1.82, 2.24) is 4.98 Å². The van der Waals surface area contributed by atoms with Gasteiger partial charge in [0.15, 0.2) is 0 Å². The summed E-state index contributed by atoms with van der Waals surface area (Å²) >= 11 is 1.39. The van der Waals surface area contributed by atoms with E-state index in [1.165, 1.54) is 17.8 Å². The lowest BCUT2D eigenvalue weighted by Crippen LogP contribution is -2.13. The number of carbonyl (C=O) groups excluding carboxylic acids is 1. The van der Waals surface area contributed by atoms with E-state index in [0.29, 0.717) is 27.6 Å². The van der Waals surface area contributed by atoms with Crippen LogP contribution in [0, 0.1) is 25.2 Å². The van der Waals surface area contributed by atoms with Crippen LogP contribution < -0.4 is 10.9 Å². The summed E-state index contributed by atoms with van der Waals surface area (Å²) < 4.78 is 10.1. The Bertz CT molecular complexity index is 1180. The van der Waals surface area contributed by atoms with Gasteiger partial charge in [-0.15, -0.1) is 11.8 Å². The van der Waals surface area contributed by atoms with Gasteiger partial charge in [0.1, 0.15) is 16.7 Å². The number of nitrogens with zero attached hydrogens (tertiary/aromatic N) is 2. The number of nitriles is 1. The van der Waals surface area contributed by atoms with Gasteiger partial charge < -0.3 is 9.15 Å². The van der Waals surface area contributed by atoms with E-state index in [-0.39, 0.29) is 6.61 Å². The Kier molecular flexibility index (Phi) is 6.20. The lowest BCUT2D eigenvalue weighted by atomic mass is 10.1. The zero-order valence-electron chi connectivity index (χ0n) is 16.2. The zero-order chi connectivity index (χ0) is 21.0. The number of fused-ring (bicyclic) bond motifs is 1. The Morgan fingerprint density at radius 3 is 2.83 bits per heavy atom. The topological polar surface area (TPSA) is 105 Å². The molecular weight excluding hydrogens is 390 g/mol. The SMILES string of the molecule is CCOC(=O)Nc1ccc2c(CSc3nc(C)cc(C)c3C#N)cc(=O)oc2c1. The maximum atomic E-state index is 12.0. The normalized spacial score (nSPS) is 10.6.